The van der Waals surface area contributed by atoms with Gasteiger partial charge < -0.3 is 9.67 Å². The van der Waals surface area contributed by atoms with E-state index in [1.807, 2.05) is 13.0 Å². The van der Waals surface area contributed by atoms with Gasteiger partial charge in [0.05, 0.1) is 15.9 Å². The Morgan fingerprint density at radius 3 is 2.67 bits per heavy atom. The van der Waals surface area contributed by atoms with Gasteiger partial charge in [-0.25, -0.2) is 4.79 Å². The van der Waals surface area contributed by atoms with Crippen LogP contribution in [-0.4, -0.2) is 15.6 Å². The van der Waals surface area contributed by atoms with Gasteiger partial charge in [0.2, 0.25) is 0 Å². The molecule has 3 aromatic rings. The molecular formula is C16H14BrNO2S. The quantitative estimate of drug-likeness (QED) is 0.723. The smallest absolute Gasteiger partial charge is 0.335 e. The zero-order chi connectivity index (χ0) is 15.1. The summed E-state index contributed by atoms with van der Waals surface area (Å²) in [6.45, 7) is 4.93. The Hall–Kier alpha value is -1.59. The lowest BCUT2D eigenvalue weighted by Crippen LogP contribution is -2.00. The van der Waals surface area contributed by atoms with Crippen LogP contribution in [0.2, 0.25) is 0 Å². The molecule has 0 fully saturated rings. The van der Waals surface area contributed by atoms with Crippen molar-refractivity contribution in [1.29, 1.82) is 0 Å². The molecule has 3 rings (SSSR count). The van der Waals surface area contributed by atoms with E-state index in [4.69, 9.17) is 5.11 Å². The molecule has 0 aliphatic carbocycles. The average molecular weight is 364 g/mol. The van der Waals surface area contributed by atoms with Gasteiger partial charge in [0.15, 0.2) is 0 Å². The van der Waals surface area contributed by atoms with Gasteiger partial charge in [-0.2, -0.15) is 0 Å². The number of benzene rings is 1. The van der Waals surface area contributed by atoms with E-state index in [0.717, 1.165) is 26.8 Å². The first-order valence-electron chi connectivity index (χ1n) is 6.54. The Balaban J connectivity index is 2.14. The highest BCUT2D eigenvalue weighted by Crippen LogP contribution is 2.29. The Morgan fingerprint density at radius 2 is 2.05 bits per heavy atom. The van der Waals surface area contributed by atoms with E-state index in [-0.39, 0.29) is 0 Å². The minimum Gasteiger partial charge on any atom is -0.478 e. The van der Waals surface area contributed by atoms with Gasteiger partial charge in [-0.15, -0.1) is 11.3 Å². The molecule has 0 aliphatic heterocycles. The molecule has 2 heterocycles. The van der Waals surface area contributed by atoms with Gasteiger partial charge in [0, 0.05) is 21.5 Å². The summed E-state index contributed by atoms with van der Waals surface area (Å²) >= 11 is 5.21. The van der Waals surface area contributed by atoms with Crippen LogP contribution >= 0.6 is 27.3 Å². The third-order valence-electron chi connectivity index (χ3n) is 3.83. The average Bonchev–Trinajstić information content (AvgIpc) is 2.96. The second-order valence-electron chi connectivity index (χ2n) is 5.04. The fraction of sp³-hybridized carbons (Fsp3) is 0.188. The maximum Gasteiger partial charge on any atom is 0.335 e. The summed E-state index contributed by atoms with van der Waals surface area (Å²) in [5.41, 5.74) is 3.74. The van der Waals surface area contributed by atoms with Crippen LogP contribution in [0.5, 0.6) is 0 Å². The Kier molecular flexibility index (Phi) is 3.63. The molecule has 5 heteroatoms. The van der Waals surface area contributed by atoms with Crippen molar-refractivity contribution in [3.63, 3.8) is 0 Å². The molecular weight excluding hydrogens is 350 g/mol. The number of fused-ring (bicyclic) bond motifs is 1. The number of nitrogens with zero attached hydrogens (tertiary/aromatic N) is 1. The lowest BCUT2D eigenvalue weighted by molar-refractivity contribution is 0.0697. The predicted octanol–water partition coefficient (Wildman–Crippen LogP) is 4.83. The van der Waals surface area contributed by atoms with Crippen LogP contribution in [0.3, 0.4) is 0 Å². The minimum atomic E-state index is -0.885. The molecule has 0 radical (unpaired) electrons. The van der Waals surface area contributed by atoms with E-state index in [1.165, 1.54) is 10.6 Å². The number of carbonyl (C=O) groups is 1. The number of carboxylic acid groups (broad SMARTS) is 1. The summed E-state index contributed by atoms with van der Waals surface area (Å²) in [6, 6.07) is 9.50. The Bertz CT molecular complexity index is 847. The Labute approximate surface area is 135 Å². The van der Waals surface area contributed by atoms with Crippen LogP contribution in [0.25, 0.3) is 10.9 Å². The molecule has 108 valence electrons. The number of rotatable bonds is 3. The van der Waals surface area contributed by atoms with Crippen molar-refractivity contribution < 1.29 is 9.90 Å². The fourth-order valence-corrected chi connectivity index (χ4v) is 4.05. The first-order valence-corrected chi connectivity index (χ1v) is 8.15. The van der Waals surface area contributed by atoms with Crippen molar-refractivity contribution in [2.75, 3.05) is 0 Å². The van der Waals surface area contributed by atoms with Gasteiger partial charge in [0.1, 0.15) is 0 Å². The monoisotopic (exact) mass is 363 g/mol. The predicted molar refractivity (Wildman–Crippen MR) is 89.5 cm³/mol. The van der Waals surface area contributed by atoms with E-state index in [1.54, 1.807) is 23.5 Å². The largest absolute Gasteiger partial charge is 0.478 e. The van der Waals surface area contributed by atoms with Crippen LogP contribution in [-0.2, 0) is 6.54 Å². The molecule has 0 spiro atoms. The van der Waals surface area contributed by atoms with Crippen LogP contribution in [0, 0.1) is 13.8 Å². The lowest BCUT2D eigenvalue weighted by Gasteiger charge is -2.07. The number of halogens is 1. The Morgan fingerprint density at radius 1 is 1.29 bits per heavy atom. The molecule has 3 nitrogen and oxygen atoms in total. The maximum absolute atomic E-state index is 11.1. The molecule has 0 saturated carbocycles. The number of thiophene rings is 1. The van der Waals surface area contributed by atoms with Crippen LogP contribution in [0.1, 0.15) is 26.5 Å². The van der Waals surface area contributed by atoms with Gasteiger partial charge in [-0.1, -0.05) is 0 Å². The number of aromatic carboxylic acids is 1. The van der Waals surface area contributed by atoms with Crippen molar-refractivity contribution in [3.05, 3.63) is 55.8 Å². The summed E-state index contributed by atoms with van der Waals surface area (Å²) in [7, 11) is 0. The molecule has 0 unspecified atom stereocenters. The first-order chi connectivity index (χ1) is 9.97. The van der Waals surface area contributed by atoms with Crippen LogP contribution in [0.15, 0.2) is 34.1 Å². The van der Waals surface area contributed by atoms with Crippen LogP contribution in [0.4, 0.5) is 0 Å². The highest BCUT2D eigenvalue weighted by Gasteiger charge is 2.14. The fourth-order valence-electron chi connectivity index (χ4n) is 2.58. The first kappa shape index (κ1) is 14.4. The highest BCUT2D eigenvalue weighted by molar-refractivity contribution is 9.11. The van der Waals surface area contributed by atoms with Gasteiger partial charge in [0.25, 0.3) is 0 Å². The van der Waals surface area contributed by atoms with Crippen molar-refractivity contribution in [2.45, 2.75) is 20.4 Å². The number of aromatic nitrogens is 1. The number of hydrogen-bond donors (Lipinski definition) is 1. The zero-order valence-corrected chi connectivity index (χ0v) is 14.1. The molecule has 1 aromatic carbocycles. The summed E-state index contributed by atoms with van der Waals surface area (Å²) < 4.78 is 3.37. The molecule has 0 bridgehead atoms. The molecule has 1 N–H and O–H groups in total. The summed E-state index contributed by atoms with van der Waals surface area (Å²) in [5, 5.41) is 10.2. The zero-order valence-electron chi connectivity index (χ0n) is 11.7. The van der Waals surface area contributed by atoms with Gasteiger partial charge in [-0.3, -0.25) is 0 Å². The van der Waals surface area contributed by atoms with Crippen LogP contribution < -0.4 is 0 Å². The van der Waals surface area contributed by atoms with E-state index in [9.17, 15) is 4.79 Å². The van der Waals surface area contributed by atoms with E-state index in [0.29, 0.717) is 5.56 Å². The second kappa shape index (κ2) is 5.31. The molecule has 0 aliphatic rings. The maximum atomic E-state index is 11.1. The molecule has 2 aromatic heterocycles. The topological polar surface area (TPSA) is 42.2 Å². The lowest BCUT2D eigenvalue weighted by atomic mass is 10.1. The molecule has 0 amide bonds. The van der Waals surface area contributed by atoms with E-state index >= 15 is 0 Å². The SMILES string of the molecule is Cc1c(C)n(Cc2ccc(Br)s2)c2ccc(C(=O)O)cc12. The summed E-state index contributed by atoms with van der Waals surface area (Å²) in [5.74, 6) is -0.885. The molecule has 0 atom stereocenters. The number of hydrogen-bond acceptors (Lipinski definition) is 2. The number of carboxylic acids is 1. The third-order valence-corrected chi connectivity index (χ3v) is 5.44. The normalized spacial score (nSPS) is 11.2. The number of aryl methyl sites for hydroxylation is 1. The highest BCUT2D eigenvalue weighted by atomic mass is 79.9. The second-order valence-corrected chi connectivity index (χ2v) is 7.59. The van der Waals surface area contributed by atoms with Gasteiger partial charge >= 0.3 is 5.97 Å². The van der Waals surface area contributed by atoms with E-state index in [2.05, 4.69) is 39.6 Å². The third kappa shape index (κ3) is 2.51. The summed E-state index contributed by atoms with van der Waals surface area (Å²) in [6.07, 6.45) is 0. The molecule has 21 heavy (non-hydrogen) atoms. The standard InChI is InChI=1S/C16H14BrNO2S/c1-9-10(2)18(8-12-4-6-15(17)21-12)14-5-3-11(16(19)20)7-13(9)14/h3-7H,8H2,1-2H3,(H,19,20). The minimum absolute atomic E-state index is 0.335. The van der Waals surface area contributed by atoms with Crippen molar-refractivity contribution >= 4 is 44.1 Å². The van der Waals surface area contributed by atoms with E-state index < -0.39 is 5.97 Å². The van der Waals surface area contributed by atoms with Gasteiger partial charge in [-0.05, 0) is 65.7 Å². The molecule has 0 saturated heterocycles. The van der Waals surface area contributed by atoms with Crippen molar-refractivity contribution in [2.24, 2.45) is 0 Å². The van der Waals surface area contributed by atoms with Crippen molar-refractivity contribution in [1.82, 2.24) is 4.57 Å². The summed E-state index contributed by atoms with van der Waals surface area (Å²) in [4.78, 5) is 12.4. The van der Waals surface area contributed by atoms with Crippen molar-refractivity contribution in [3.8, 4) is 0 Å².